The molecule has 2 rings (SSSR count). The number of nitrogens with zero attached hydrogens (tertiary/aromatic N) is 2. The summed E-state index contributed by atoms with van der Waals surface area (Å²) in [6.07, 6.45) is 3.08. The number of benzene rings is 1. The molecule has 0 fully saturated rings. The first-order valence-electron chi connectivity index (χ1n) is 6.02. The second kappa shape index (κ2) is 5.31. The molecule has 0 aliphatic carbocycles. The van der Waals surface area contributed by atoms with Crippen LogP contribution in [0.15, 0.2) is 36.8 Å². The van der Waals surface area contributed by atoms with E-state index in [0.717, 1.165) is 11.3 Å². The molecule has 0 aliphatic rings. The van der Waals surface area contributed by atoms with E-state index in [-0.39, 0.29) is 11.9 Å². The van der Waals surface area contributed by atoms with Gasteiger partial charge in [0.2, 0.25) is 0 Å². The van der Waals surface area contributed by atoms with Gasteiger partial charge in [0.05, 0.1) is 24.3 Å². The average molecular weight is 248 g/mol. The summed E-state index contributed by atoms with van der Waals surface area (Å²) in [6, 6.07) is 6.54. The molecule has 2 aromatic rings. The highest BCUT2D eigenvalue weighted by atomic mass is 19.1. The van der Waals surface area contributed by atoms with Crippen molar-refractivity contribution in [2.45, 2.75) is 32.4 Å². The molecule has 4 heteroatoms. The molecule has 1 aromatic carbocycles. The van der Waals surface area contributed by atoms with Crippen LogP contribution in [0.25, 0.3) is 0 Å². The Balaban J connectivity index is 2.17. The first-order valence-corrected chi connectivity index (χ1v) is 6.02. The molecule has 0 saturated carbocycles. The maximum Gasteiger partial charge on any atom is 0.123 e. The molecule has 96 valence electrons. The Kier molecular flexibility index (Phi) is 3.77. The van der Waals surface area contributed by atoms with Gasteiger partial charge in [0.25, 0.3) is 0 Å². The molecule has 0 spiro atoms. The maximum atomic E-state index is 13.1. The molecule has 0 amide bonds. The lowest BCUT2D eigenvalue weighted by Gasteiger charge is -2.16. The highest BCUT2D eigenvalue weighted by molar-refractivity contribution is 5.19. The van der Waals surface area contributed by atoms with Gasteiger partial charge in [-0.25, -0.2) is 9.37 Å². The van der Waals surface area contributed by atoms with Crippen LogP contribution in [0.3, 0.4) is 0 Å². The van der Waals surface area contributed by atoms with Crippen LogP contribution in [0.2, 0.25) is 0 Å². The number of aliphatic hydroxyl groups excluding tert-OH is 1. The lowest BCUT2D eigenvalue weighted by Crippen LogP contribution is -2.11. The van der Waals surface area contributed by atoms with Crippen LogP contribution in [-0.4, -0.2) is 14.7 Å². The monoisotopic (exact) mass is 248 g/mol. The van der Waals surface area contributed by atoms with Crippen LogP contribution in [-0.2, 0) is 6.42 Å². The number of aliphatic hydroxyl groups is 1. The number of halogens is 1. The van der Waals surface area contributed by atoms with Crippen molar-refractivity contribution in [1.29, 1.82) is 0 Å². The summed E-state index contributed by atoms with van der Waals surface area (Å²) >= 11 is 0. The summed E-state index contributed by atoms with van der Waals surface area (Å²) in [5.41, 5.74) is 1.54. The third kappa shape index (κ3) is 2.76. The molecule has 1 N–H and O–H groups in total. The van der Waals surface area contributed by atoms with Crippen molar-refractivity contribution in [2.24, 2.45) is 0 Å². The topological polar surface area (TPSA) is 38.0 Å². The molecular weight excluding hydrogens is 231 g/mol. The Labute approximate surface area is 106 Å². The van der Waals surface area contributed by atoms with E-state index in [4.69, 9.17) is 0 Å². The van der Waals surface area contributed by atoms with Gasteiger partial charge in [-0.2, -0.15) is 0 Å². The Morgan fingerprint density at radius 2 is 2.17 bits per heavy atom. The Bertz CT molecular complexity index is 522. The van der Waals surface area contributed by atoms with Crippen LogP contribution >= 0.6 is 0 Å². The average Bonchev–Trinajstić information content (AvgIpc) is 2.77. The first kappa shape index (κ1) is 12.8. The van der Waals surface area contributed by atoms with Crippen molar-refractivity contribution in [1.82, 2.24) is 9.55 Å². The molecule has 3 nitrogen and oxygen atoms in total. The summed E-state index contributed by atoms with van der Waals surface area (Å²) in [6.45, 7) is 4.06. The van der Waals surface area contributed by atoms with Gasteiger partial charge >= 0.3 is 0 Å². The highest BCUT2D eigenvalue weighted by Gasteiger charge is 2.15. The maximum absolute atomic E-state index is 13.1. The zero-order chi connectivity index (χ0) is 13.1. The fourth-order valence-electron chi connectivity index (χ4n) is 2.00. The van der Waals surface area contributed by atoms with E-state index in [1.54, 1.807) is 18.6 Å². The van der Waals surface area contributed by atoms with Gasteiger partial charge < -0.3 is 9.67 Å². The van der Waals surface area contributed by atoms with Gasteiger partial charge in [-0.05, 0) is 31.5 Å². The fraction of sp³-hybridized carbons (Fsp3) is 0.357. The standard InChI is InChI=1S/C14H17FN2O/c1-10(2)17-9-16-8-13(17)14(18)7-11-4-3-5-12(15)6-11/h3-6,8-10,14,18H,7H2,1-2H3. The summed E-state index contributed by atoms with van der Waals surface area (Å²) in [7, 11) is 0. The van der Waals surface area contributed by atoms with Gasteiger partial charge in [-0.1, -0.05) is 12.1 Å². The van der Waals surface area contributed by atoms with Crippen molar-refractivity contribution in [3.05, 3.63) is 53.9 Å². The minimum atomic E-state index is -0.670. The molecule has 0 saturated heterocycles. The lowest BCUT2D eigenvalue weighted by atomic mass is 10.1. The summed E-state index contributed by atoms with van der Waals surface area (Å²) in [5.74, 6) is -0.280. The second-order valence-electron chi connectivity index (χ2n) is 4.67. The molecule has 1 atom stereocenters. The third-order valence-corrected chi connectivity index (χ3v) is 2.91. The lowest BCUT2D eigenvalue weighted by molar-refractivity contribution is 0.167. The number of hydrogen-bond donors (Lipinski definition) is 1. The van der Waals surface area contributed by atoms with Crippen LogP contribution in [0.1, 0.15) is 37.3 Å². The predicted octanol–water partition coefficient (Wildman–Crippen LogP) is 2.88. The molecule has 18 heavy (non-hydrogen) atoms. The van der Waals surface area contributed by atoms with Crippen molar-refractivity contribution in [2.75, 3.05) is 0 Å². The predicted molar refractivity (Wildman–Crippen MR) is 67.7 cm³/mol. The Morgan fingerprint density at radius 3 is 2.83 bits per heavy atom. The number of rotatable bonds is 4. The van der Waals surface area contributed by atoms with E-state index in [2.05, 4.69) is 4.98 Å². The zero-order valence-corrected chi connectivity index (χ0v) is 10.5. The first-order chi connectivity index (χ1) is 8.58. The summed E-state index contributed by atoms with van der Waals surface area (Å²) in [5, 5.41) is 10.2. The Hall–Kier alpha value is -1.68. The van der Waals surface area contributed by atoms with E-state index >= 15 is 0 Å². The van der Waals surface area contributed by atoms with Crippen LogP contribution in [0.5, 0.6) is 0 Å². The number of aromatic nitrogens is 2. The highest BCUT2D eigenvalue weighted by Crippen LogP contribution is 2.21. The molecule has 1 heterocycles. The van der Waals surface area contributed by atoms with Crippen LogP contribution < -0.4 is 0 Å². The molecule has 0 bridgehead atoms. The van der Waals surface area contributed by atoms with E-state index in [1.807, 2.05) is 24.5 Å². The van der Waals surface area contributed by atoms with Gasteiger partial charge in [-0.3, -0.25) is 0 Å². The normalized spacial score (nSPS) is 12.9. The number of imidazole rings is 1. The SMILES string of the molecule is CC(C)n1cncc1C(O)Cc1cccc(F)c1. The van der Waals surface area contributed by atoms with Gasteiger partial charge in [0.1, 0.15) is 5.82 Å². The van der Waals surface area contributed by atoms with Crippen molar-refractivity contribution >= 4 is 0 Å². The summed E-state index contributed by atoms with van der Waals surface area (Å²) < 4.78 is 15.0. The van der Waals surface area contributed by atoms with Crippen molar-refractivity contribution < 1.29 is 9.50 Å². The largest absolute Gasteiger partial charge is 0.386 e. The van der Waals surface area contributed by atoms with Crippen molar-refractivity contribution in [3.8, 4) is 0 Å². The Morgan fingerprint density at radius 1 is 1.39 bits per heavy atom. The summed E-state index contributed by atoms with van der Waals surface area (Å²) in [4.78, 5) is 4.05. The van der Waals surface area contributed by atoms with E-state index in [0.29, 0.717) is 6.42 Å². The minimum absolute atomic E-state index is 0.240. The van der Waals surface area contributed by atoms with Crippen LogP contribution in [0, 0.1) is 5.82 Å². The number of hydrogen-bond acceptors (Lipinski definition) is 2. The molecule has 1 aromatic heterocycles. The smallest absolute Gasteiger partial charge is 0.123 e. The van der Waals surface area contributed by atoms with Gasteiger partial charge in [0.15, 0.2) is 0 Å². The second-order valence-corrected chi connectivity index (χ2v) is 4.67. The minimum Gasteiger partial charge on any atom is -0.386 e. The third-order valence-electron chi connectivity index (χ3n) is 2.91. The molecule has 0 aliphatic heterocycles. The molecular formula is C14H17FN2O. The van der Waals surface area contributed by atoms with E-state index in [1.165, 1.54) is 12.1 Å². The van der Waals surface area contributed by atoms with Crippen LogP contribution in [0.4, 0.5) is 4.39 Å². The van der Waals surface area contributed by atoms with E-state index < -0.39 is 6.10 Å². The van der Waals surface area contributed by atoms with Gasteiger partial charge in [0, 0.05) is 12.5 Å². The van der Waals surface area contributed by atoms with Crippen molar-refractivity contribution in [3.63, 3.8) is 0 Å². The fourth-order valence-corrected chi connectivity index (χ4v) is 2.00. The van der Waals surface area contributed by atoms with E-state index in [9.17, 15) is 9.50 Å². The molecule has 1 unspecified atom stereocenters. The quantitative estimate of drug-likeness (QED) is 0.903. The molecule has 0 radical (unpaired) electrons. The zero-order valence-electron chi connectivity index (χ0n) is 10.5. The van der Waals surface area contributed by atoms with Gasteiger partial charge in [-0.15, -0.1) is 0 Å².